The molecule has 8 atom stereocenters. The third-order valence-electron chi connectivity index (χ3n) is 8.81. The van der Waals surface area contributed by atoms with Crippen LogP contribution in [0.25, 0.3) is 0 Å². The highest BCUT2D eigenvalue weighted by molar-refractivity contribution is 5.91. The van der Waals surface area contributed by atoms with Crippen LogP contribution < -0.4 is 0 Å². The summed E-state index contributed by atoms with van der Waals surface area (Å²) in [6, 6.07) is 0. The Balaban J connectivity index is 1.59. The van der Waals surface area contributed by atoms with E-state index in [0.717, 1.165) is 24.8 Å². The second-order valence-electron chi connectivity index (χ2n) is 9.38. The summed E-state index contributed by atoms with van der Waals surface area (Å²) in [5.41, 5.74) is 0.0334. The molecule has 0 aromatic rings. The molecule has 1 heterocycles. The molecule has 3 N–H and O–H groups in total. The van der Waals surface area contributed by atoms with Gasteiger partial charge in [-0.15, -0.1) is 0 Å². The standard InChI is InChI=1S/C21H28O6/c22-9-16(25)15-4-3-14-13-2-1-11-7-12(24)5-6-20(11,10-23)18(13)17-8-21(14,15)19(26)27-17/h7,13-15,17-19,22-23,26H,1-6,8-10H2/t13?,14?,15-,17+,18-,19?,20-,21-/m1/s1. The van der Waals surface area contributed by atoms with E-state index in [1.54, 1.807) is 6.08 Å². The number of Topliss-reactive ketones (excluding diaryl/α,β-unsaturated/α-hetero) is 1. The number of ketones is 2. The fourth-order valence-corrected chi connectivity index (χ4v) is 7.88. The number of aliphatic hydroxyl groups is 3. The molecule has 6 heteroatoms. The summed E-state index contributed by atoms with van der Waals surface area (Å²) < 4.78 is 6.09. The summed E-state index contributed by atoms with van der Waals surface area (Å²) in [7, 11) is 0. The van der Waals surface area contributed by atoms with Gasteiger partial charge in [0, 0.05) is 23.2 Å². The molecule has 0 aromatic heterocycles. The molecular formula is C21H28O6. The number of fused-ring (bicyclic) bond motifs is 6. The highest BCUT2D eigenvalue weighted by atomic mass is 16.6. The number of carbonyl (C=O) groups excluding carboxylic acids is 2. The lowest BCUT2D eigenvalue weighted by Crippen LogP contribution is -2.57. The van der Waals surface area contributed by atoms with Crippen LogP contribution >= 0.6 is 0 Å². The molecule has 4 fully saturated rings. The Bertz CT molecular complexity index is 715. The van der Waals surface area contributed by atoms with Crippen molar-refractivity contribution in [3.8, 4) is 0 Å². The van der Waals surface area contributed by atoms with Crippen LogP contribution in [0.2, 0.25) is 0 Å². The first-order chi connectivity index (χ1) is 13.0. The summed E-state index contributed by atoms with van der Waals surface area (Å²) >= 11 is 0. The molecule has 3 unspecified atom stereocenters. The molecule has 3 saturated carbocycles. The van der Waals surface area contributed by atoms with Crippen LogP contribution in [0.3, 0.4) is 0 Å². The Morgan fingerprint density at radius 3 is 2.78 bits per heavy atom. The highest BCUT2D eigenvalue weighted by Crippen LogP contribution is 2.71. The van der Waals surface area contributed by atoms with Gasteiger partial charge < -0.3 is 20.1 Å². The molecule has 27 heavy (non-hydrogen) atoms. The normalized spacial score (nSPS) is 50.6. The zero-order chi connectivity index (χ0) is 19.0. The minimum Gasteiger partial charge on any atom is -0.395 e. The molecule has 0 amide bonds. The molecule has 2 bridgehead atoms. The predicted octanol–water partition coefficient (Wildman–Crippen LogP) is 0.975. The first-order valence-electron chi connectivity index (χ1n) is 10.3. The number of ether oxygens (including phenoxy) is 1. The fraction of sp³-hybridized carbons (Fsp3) is 0.810. The number of carbonyl (C=O) groups is 2. The number of hydrogen-bond acceptors (Lipinski definition) is 6. The third-order valence-corrected chi connectivity index (χ3v) is 8.81. The van der Waals surface area contributed by atoms with Crippen molar-refractivity contribution in [2.45, 2.75) is 57.3 Å². The average molecular weight is 376 g/mol. The van der Waals surface area contributed by atoms with Crippen molar-refractivity contribution >= 4 is 11.6 Å². The van der Waals surface area contributed by atoms with E-state index >= 15 is 0 Å². The molecule has 0 radical (unpaired) electrons. The lowest BCUT2D eigenvalue weighted by Gasteiger charge is -2.57. The Kier molecular flexibility index (Phi) is 3.97. The van der Waals surface area contributed by atoms with Gasteiger partial charge in [0.25, 0.3) is 0 Å². The smallest absolute Gasteiger partial charge is 0.162 e. The summed E-state index contributed by atoms with van der Waals surface area (Å²) in [6.07, 6.45) is 5.49. The van der Waals surface area contributed by atoms with Gasteiger partial charge in [0.2, 0.25) is 0 Å². The van der Waals surface area contributed by atoms with Crippen molar-refractivity contribution in [3.63, 3.8) is 0 Å². The molecule has 1 saturated heterocycles. The van der Waals surface area contributed by atoms with Gasteiger partial charge in [-0.3, -0.25) is 9.59 Å². The molecule has 148 valence electrons. The van der Waals surface area contributed by atoms with Gasteiger partial charge in [-0.05, 0) is 62.4 Å². The SMILES string of the molecule is O=C1C=C2CCC3C4CC[C@H](C(=O)CO)[C@@]45C[C@H](OC5O)[C@@H]3[C@@]2(CO)CC1. The van der Waals surface area contributed by atoms with Crippen molar-refractivity contribution < 1.29 is 29.6 Å². The van der Waals surface area contributed by atoms with Gasteiger partial charge in [-0.1, -0.05) is 5.57 Å². The number of aliphatic hydroxyl groups excluding tert-OH is 3. The largest absolute Gasteiger partial charge is 0.395 e. The van der Waals surface area contributed by atoms with Gasteiger partial charge in [-0.25, -0.2) is 0 Å². The molecule has 5 rings (SSSR count). The molecular weight excluding hydrogens is 348 g/mol. The number of hydrogen-bond donors (Lipinski definition) is 3. The van der Waals surface area contributed by atoms with Crippen LogP contribution in [0.15, 0.2) is 11.6 Å². The second kappa shape index (κ2) is 5.96. The average Bonchev–Trinajstić information content (AvgIpc) is 3.20. The van der Waals surface area contributed by atoms with Crippen LogP contribution in [0.5, 0.6) is 0 Å². The van der Waals surface area contributed by atoms with Crippen LogP contribution in [-0.2, 0) is 14.3 Å². The van der Waals surface area contributed by atoms with E-state index < -0.39 is 23.7 Å². The van der Waals surface area contributed by atoms with Crippen LogP contribution in [-0.4, -0.2) is 52.5 Å². The molecule has 5 aliphatic rings. The maximum atomic E-state index is 12.4. The van der Waals surface area contributed by atoms with Gasteiger partial charge in [-0.2, -0.15) is 0 Å². The Labute approximate surface area is 158 Å². The van der Waals surface area contributed by atoms with E-state index in [-0.39, 0.29) is 47.9 Å². The molecule has 1 spiro atoms. The van der Waals surface area contributed by atoms with E-state index in [2.05, 4.69) is 0 Å². The number of rotatable bonds is 3. The van der Waals surface area contributed by atoms with Gasteiger partial charge in [0.05, 0.1) is 12.7 Å². The lowest BCUT2D eigenvalue weighted by molar-refractivity contribution is -0.160. The van der Waals surface area contributed by atoms with E-state index in [0.29, 0.717) is 25.7 Å². The summed E-state index contributed by atoms with van der Waals surface area (Å²) in [5, 5.41) is 30.8. The zero-order valence-corrected chi connectivity index (χ0v) is 15.5. The van der Waals surface area contributed by atoms with E-state index in [1.165, 1.54) is 0 Å². The maximum absolute atomic E-state index is 12.4. The first kappa shape index (κ1) is 18.0. The van der Waals surface area contributed by atoms with Gasteiger partial charge >= 0.3 is 0 Å². The van der Waals surface area contributed by atoms with Crippen molar-refractivity contribution in [2.24, 2.45) is 34.5 Å². The van der Waals surface area contributed by atoms with E-state index in [9.17, 15) is 24.9 Å². The van der Waals surface area contributed by atoms with Gasteiger partial charge in [0.1, 0.15) is 6.61 Å². The maximum Gasteiger partial charge on any atom is 0.162 e. The Hall–Kier alpha value is -1.08. The third kappa shape index (κ3) is 2.10. The van der Waals surface area contributed by atoms with Crippen molar-refractivity contribution in [3.05, 3.63) is 11.6 Å². The fourth-order valence-electron chi connectivity index (χ4n) is 7.88. The summed E-state index contributed by atoms with van der Waals surface area (Å²) in [6.45, 7) is -0.484. The Morgan fingerprint density at radius 1 is 1.22 bits per heavy atom. The van der Waals surface area contributed by atoms with E-state index in [1.807, 2.05) is 0 Å². The monoisotopic (exact) mass is 376 g/mol. The molecule has 0 aromatic carbocycles. The second-order valence-corrected chi connectivity index (χ2v) is 9.38. The minimum absolute atomic E-state index is 0.00194. The molecule has 4 aliphatic carbocycles. The van der Waals surface area contributed by atoms with Crippen molar-refractivity contribution in [2.75, 3.05) is 13.2 Å². The van der Waals surface area contributed by atoms with E-state index in [4.69, 9.17) is 4.74 Å². The minimum atomic E-state index is -0.991. The highest BCUT2D eigenvalue weighted by Gasteiger charge is 2.71. The van der Waals surface area contributed by atoms with Crippen molar-refractivity contribution in [1.29, 1.82) is 0 Å². The van der Waals surface area contributed by atoms with Crippen LogP contribution in [0.1, 0.15) is 44.9 Å². The lowest BCUT2D eigenvalue weighted by atomic mass is 9.46. The topological polar surface area (TPSA) is 104 Å². The zero-order valence-electron chi connectivity index (χ0n) is 15.5. The predicted molar refractivity (Wildman–Crippen MR) is 94.3 cm³/mol. The molecule has 6 nitrogen and oxygen atoms in total. The summed E-state index contributed by atoms with van der Waals surface area (Å²) in [5.74, 6) is 0.127. The van der Waals surface area contributed by atoms with Crippen LogP contribution in [0, 0.1) is 34.5 Å². The van der Waals surface area contributed by atoms with Crippen LogP contribution in [0.4, 0.5) is 0 Å². The summed E-state index contributed by atoms with van der Waals surface area (Å²) in [4.78, 5) is 24.4. The quantitative estimate of drug-likeness (QED) is 0.678. The Morgan fingerprint density at radius 2 is 2.04 bits per heavy atom. The van der Waals surface area contributed by atoms with Crippen molar-refractivity contribution in [1.82, 2.24) is 0 Å². The molecule has 1 aliphatic heterocycles. The first-order valence-corrected chi connectivity index (χ1v) is 10.3. The van der Waals surface area contributed by atoms with Gasteiger partial charge in [0.15, 0.2) is 17.9 Å².